The van der Waals surface area contributed by atoms with Gasteiger partial charge in [0.1, 0.15) is 11.7 Å². The van der Waals surface area contributed by atoms with E-state index in [4.69, 9.17) is 0 Å². The van der Waals surface area contributed by atoms with E-state index in [0.29, 0.717) is 13.0 Å². The topological polar surface area (TPSA) is 92.6 Å². The van der Waals surface area contributed by atoms with Crippen LogP contribution in [0.2, 0.25) is 0 Å². The molecule has 1 heterocycles. The van der Waals surface area contributed by atoms with E-state index in [1.807, 2.05) is 30.3 Å². The van der Waals surface area contributed by atoms with Gasteiger partial charge in [0.2, 0.25) is 5.91 Å². The van der Waals surface area contributed by atoms with Gasteiger partial charge < -0.3 is 10.2 Å². The van der Waals surface area contributed by atoms with E-state index in [-0.39, 0.29) is 28.6 Å². The van der Waals surface area contributed by atoms with Gasteiger partial charge in [0, 0.05) is 23.9 Å². The van der Waals surface area contributed by atoms with E-state index in [0.717, 1.165) is 5.69 Å². The van der Waals surface area contributed by atoms with Crippen molar-refractivity contribution in [2.45, 2.75) is 19.4 Å². The summed E-state index contributed by atoms with van der Waals surface area (Å²) in [6.07, 6.45) is 0.541. The zero-order valence-corrected chi connectivity index (χ0v) is 13.6. The highest BCUT2D eigenvalue weighted by Crippen LogP contribution is 2.29. The van der Waals surface area contributed by atoms with Crippen molar-refractivity contribution in [2.24, 2.45) is 0 Å². The molecule has 1 N–H and O–H groups in total. The van der Waals surface area contributed by atoms with Crippen LogP contribution in [0.4, 0.5) is 17.1 Å². The number of nitro benzene ring substituents is 1. The first-order valence-corrected chi connectivity index (χ1v) is 7.89. The number of carbonyl (C=O) groups is 2. The second-order valence-corrected chi connectivity index (χ2v) is 5.86. The summed E-state index contributed by atoms with van der Waals surface area (Å²) >= 11 is 0. The number of hydrogen-bond acceptors (Lipinski definition) is 5. The van der Waals surface area contributed by atoms with Gasteiger partial charge in [-0.15, -0.1) is 0 Å². The highest BCUT2D eigenvalue weighted by atomic mass is 16.6. The molecule has 1 fully saturated rings. The summed E-state index contributed by atoms with van der Waals surface area (Å²) in [6, 6.07) is 13.0. The van der Waals surface area contributed by atoms with Gasteiger partial charge in [0.25, 0.3) is 5.69 Å². The highest BCUT2D eigenvalue weighted by Gasteiger charge is 2.33. The number of hydrogen-bond donors (Lipinski definition) is 1. The Balaban J connectivity index is 1.82. The van der Waals surface area contributed by atoms with E-state index in [9.17, 15) is 19.7 Å². The Kier molecular flexibility index (Phi) is 4.47. The molecule has 25 heavy (non-hydrogen) atoms. The van der Waals surface area contributed by atoms with Gasteiger partial charge in [-0.25, -0.2) is 0 Å². The van der Waals surface area contributed by atoms with Gasteiger partial charge in [-0.05, 0) is 37.6 Å². The zero-order valence-electron chi connectivity index (χ0n) is 13.6. The molecule has 0 radical (unpaired) electrons. The molecule has 7 nitrogen and oxygen atoms in total. The first-order valence-electron chi connectivity index (χ1n) is 7.89. The molecule has 1 aliphatic rings. The first-order chi connectivity index (χ1) is 12.0. The number of benzene rings is 2. The van der Waals surface area contributed by atoms with Gasteiger partial charge in [0.05, 0.1) is 4.92 Å². The predicted octanol–water partition coefficient (Wildman–Crippen LogP) is 3.01. The lowest BCUT2D eigenvalue weighted by Crippen LogP contribution is -2.33. The van der Waals surface area contributed by atoms with E-state index >= 15 is 0 Å². The standard InChI is InChI=1S/C18H17N3O4/c1-12(22)13-7-8-15(17(11-13)21(24)25)19-16-9-10-20(18(16)23)14-5-3-2-4-6-14/h2-8,11,16,19H,9-10H2,1H3. The number of anilines is 2. The van der Waals surface area contributed by atoms with Crippen molar-refractivity contribution in [1.29, 1.82) is 0 Å². The summed E-state index contributed by atoms with van der Waals surface area (Å²) in [5.41, 5.74) is 1.10. The molecule has 0 saturated carbocycles. The molecule has 1 aliphatic heterocycles. The normalized spacial score (nSPS) is 16.8. The molecule has 3 rings (SSSR count). The molecule has 0 aliphatic carbocycles. The third-order valence-corrected chi connectivity index (χ3v) is 4.20. The van der Waals surface area contributed by atoms with Crippen LogP contribution in [0, 0.1) is 10.1 Å². The summed E-state index contributed by atoms with van der Waals surface area (Å²) in [6.45, 7) is 1.89. The molecule has 1 unspecified atom stereocenters. The van der Waals surface area contributed by atoms with Crippen LogP contribution in [0.1, 0.15) is 23.7 Å². The van der Waals surface area contributed by atoms with E-state index in [1.54, 1.807) is 4.90 Å². The first kappa shape index (κ1) is 16.6. The fourth-order valence-electron chi connectivity index (χ4n) is 2.89. The number of carbonyl (C=O) groups excluding carboxylic acids is 2. The molecule has 0 spiro atoms. The van der Waals surface area contributed by atoms with Crippen molar-refractivity contribution in [3.8, 4) is 0 Å². The zero-order chi connectivity index (χ0) is 18.0. The fourth-order valence-corrected chi connectivity index (χ4v) is 2.89. The number of para-hydroxylation sites is 1. The van der Waals surface area contributed by atoms with Gasteiger partial charge in [0.15, 0.2) is 5.78 Å². The predicted molar refractivity (Wildman–Crippen MR) is 93.9 cm³/mol. The average Bonchev–Trinajstić information content (AvgIpc) is 2.96. The average molecular weight is 339 g/mol. The molecule has 1 atom stereocenters. The molecule has 1 saturated heterocycles. The molecule has 0 bridgehead atoms. The van der Waals surface area contributed by atoms with Crippen molar-refractivity contribution < 1.29 is 14.5 Å². The van der Waals surface area contributed by atoms with Crippen molar-refractivity contribution in [1.82, 2.24) is 0 Å². The van der Waals surface area contributed by atoms with Crippen molar-refractivity contribution >= 4 is 28.8 Å². The van der Waals surface area contributed by atoms with Crippen LogP contribution in [-0.2, 0) is 4.79 Å². The summed E-state index contributed by atoms with van der Waals surface area (Å²) in [5, 5.41) is 14.3. The van der Waals surface area contributed by atoms with Crippen LogP contribution in [-0.4, -0.2) is 29.2 Å². The lowest BCUT2D eigenvalue weighted by atomic mass is 10.1. The molecule has 2 aromatic carbocycles. The summed E-state index contributed by atoms with van der Waals surface area (Å²) < 4.78 is 0. The molecule has 7 heteroatoms. The Hall–Kier alpha value is -3.22. The minimum absolute atomic E-state index is 0.129. The summed E-state index contributed by atoms with van der Waals surface area (Å²) in [7, 11) is 0. The van der Waals surface area contributed by atoms with Gasteiger partial charge in [-0.3, -0.25) is 19.7 Å². The molecule has 2 aromatic rings. The Bertz CT molecular complexity index is 835. The number of Topliss-reactive ketones (excluding diaryl/α,β-unsaturated/α-hetero) is 1. The van der Waals surface area contributed by atoms with Crippen LogP contribution in [0.5, 0.6) is 0 Å². The Morgan fingerprint density at radius 1 is 1.24 bits per heavy atom. The van der Waals surface area contributed by atoms with Gasteiger partial charge in [-0.2, -0.15) is 0 Å². The summed E-state index contributed by atoms with van der Waals surface area (Å²) in [4.78, 5) is 36.4. The van der Waals surface area contributed by atoms with Gasteiger partial charge in [-0.1, -0.05) is 18.2 Å². The Labute approximate surface area is 144 Å². The monoisotopic (exact) mass is 339 g/mol. The maximum atomic E-state index is 12.6. The number of ketones is 1. The Morgan fingerprint density at radius 2 is 1.96 bits per heavy atom. The number of rotatable bonds is 5. The second kappa shape index (κ2) is 6.72. The molecular weight excluding hydrogens is 322 g/mol. The van der Waals surface area contributed by atoms with Crippen LogP contribution < -0.4 is 10.2 Å². The third kappa shape index (κ3) is 3.35. The second-order valence-electron chi connectivity index (χ2n) is 5.86. The van der Waals surface area contributed by atoms with E-state index in [1.165, 1.54) is 25.1 Å². The third-order valence-electron chi connectivity index (χ3n) is 4.20. The number of nitrogens with one attached hydrogen (secondary N) is 1. The summed E-state index contributed by atoms with van der Waals surface area (Å²) in [5.74, 6) is -0.377. The maximum absolute atomic E-state index is 12.6. The van der Waals surface area contributed by atoms with Crippen LogP contribution in [0.25, 0.3) is 0 Å². The smallest absolute Gasteiger partial charge is 0.293 e. The molecule has 0 aromatic heterocycles. The van der Waals surface area contributed by atoms with E-state index in [2.05, 4.69) is 5.32 Å². The highest BCUT2D eigenvalue weighted by molar-refractivity contribution is 6.01. The SMILES string of the molecule is CC(=O)c1ccc(NC2CCN(c3ccccc3)C2=O)c([N+](=O)[O-])c1. The number of nitrogens with zero attached hydrogens (tertiary/aromatic N) is 2. The lowest BCUT2D eigenvalue weighted by molar-refractivity contribution is -0.384. The quantitative estimate of drug-likeness (QED) is 0.513. The van der Waals surface area contributed by atoms with Gasteiger partial charge >= 0.3 is 0 Å². The molecule has 1 amide bonds. The Morgan fingerprint density at radius 3 is 2.60 bits per heavy atom. The molecular formula is C18H17N3O4. The minimum Gasteiger partial charge on any atom is -0.368 e. The van der Waals surface area contributed by atoms with Crippen LogP contribution >= 0.6 is 0 Å². The molecule has 128 valence electrons. The van der Waals surface area contributed by atoms with E-state index < -0.39 is 11.0 Å². The van der Waals surface area contributed by atoms with Crippen molar-refractivity contribution in [2.75, 3.05) is 16.8 Å². The number of nitro groups is 1. The van der Waals surface area contributed by atoms with Crippen molar-refractivity contribution in [3.63, 3.8) is 0 Å². The van der Waals surface area contributed by atoms with Crippen molar-refractivity contribution in [3.05, 3.63) is 64.2 Å². The van der Waals surface area contributed by atoms with Crippen LogP contribution in [0.15, 0.2) is 48.5 Å². The maximum Gasteiger partial charge on any atom is 0.293 e. The number of amides is 1. The minimum atomic E-state index is -0.552. The fraction of sp³-hybridized carbons (Fsp3) is 0.222. The largest absolute Gasteiger partial charge is 0.368 e. The van der Waals surface area contributed by atoms with Crippen LogP contribution in [0.3, 0.4) is 0 Å². The lowest BCUT2D eigenvalue weighted by Gasteiger charge is -2.17.